The number of benzene rings is 2. The Hall–Kier alpha value is -2.04. The third kappa shape index (κ3) is 3.24. The first kappa shape index (κ1) is 14.9. The second kappa shape index (κ2) is 6.81. The molecule has 2 N–H and O–H groups in total. The Kier molecular flexibility index (Phi) is 4.61. The van der Waals surface area contributed by atoms with Gasteiger partial charge in [-0.2, -0.15) is 0 Å². The number of rotatable bonds is 5. The standard InChI is InChI=1S/C18H21NO3/c1-21-17-8-7-13(11-16(17)20)12-19-15-9-10-22-18(15)14-5-3-2-4-6-14/h2-8,11,15,18-20H,9-10,12H2,1H3/t15-,18-/m1/s1. The Bertz CT molecular complexity index is 615. The third-order valence-electron chi connectivity index (χ3n) is 4.03. The molecule has 4 heteroatoms. The highest BCUT2D eigenvalue weighted by Gasteiger charge is 2.28. The van der Waals surface area contributed by atoms with E-state index in [2.05, 4.69) is 17.4 Å². The Labute approximate surface area is 130 Å². The van der Waals surface area contributed by atoms with Gasteiger partial charge < -0.3 is 19.9 Å². The van der Waals surface area contributed by atoms with Gasteiger partial charge in [-0.1, -0.05) is 36.4 Å². The van der Waals surface area contributed by atoms with Gasteiger partial charge in [0.15, 0.2) is 11.5 Å². The van der Waals surface area contributed by atoms with E-state index >= 15 is 0 Å². The van der Waals surface area contributed by atoms with Crippen molar-refractivity contribution in [3.8, 4) is 11.5 Å². The van der Waals surface area contributed by atoms with E-state index in [4.69, 9.17) is 9.47 Å². The fourth-order valence-corrected chi connectivity index (χ4v) is 2.86. The maximum atomic E-state index is 9.84. The molecule has 1 heterocycles. The molecular weight excluding hydrogens is 278 g/mol. The first-order valence-electron chi connectivity index (χ1n) is 7.54. The van der Waals surface area contributed by atoms with Gasteiger partial charge in [-0.3, -0.25) is 0 Å². The van der Waals surface area contributed by atoms with Gasteiger partial charge in [0.2, 0.25) is 0 Å². The maximum absolute atomic E-state index is 9.84. The van der Waals surface area contributed by atoms with Crippen molar-refractivity contribution >= 4 is 0 Å². The molecule has 0 amide bonds. The molecule has 0 aromatic heterocycles. The van der Waals surface area contributed by atoms with Crippen molar-refractivity contribution < 1.29 is 14.6 Å². The summed E-state index contributed by atoms with van der Waals surface area (Å²) in [4.78, 5) is 0. The predicted octanol–water partition coefficient (Wildman–Crippen LogP) is 3.02. The first-order chi connectivity index (χ1) is 10.8. The van der Waals surface area contributed by atoms with Crippen LogP contribution in [-0.4, -0.2) is 24.9 Å². The summed E-state index contributed by atoms with van der Waals surface area (Å²) in [5, 5.41) is 13.4. The van der Waals surface area contributed by atoms with Gasteiger partial charge in [-0.25, -0.2) is 0 Å². The molecular formula is C18H21NO3. The molecule has 22 heavy (non-hydrogen) atoms. The summed E-state index contributed by atoms with van der Waals surface area (Å²) >= 11 is 0. The molecule has 1 fully saturated rings. The lowest BCUT2D eigenvalue weighted by atomic mass is 10.0. The van der Waals surface area contributed by atoms with Crippen molar-refractivity contribution in [3.05, 3.63) is 59.7 Å². The van der Waals surface area contributed by atoms with Crippen LogP contribution in [-0.2, 0) is 11.3 Å². The summed E-state index contributed by atoms with van der Waals surface area (Å²) in [7, 11) is 1.55. The molecule has 2 atom stereocenters. The monoisotopic (exact) mass is 299 g/mol. The van der Waals surface area contributed by atoms with Crippen molar-refractivity contribution in [2.75, 3.05) is 13.7 Å². The van der Waals surface area contributed by atoms with Crippen LogP contribution in [0.15, 0.2) is 48.5 Å². The Morgan fingerprint density at radius 3 is 2.77 bits per heavy atom. The summed E-state index contributed by atoms with van der Waals surface area (Å²) < 4.78 is 10.9. The molecule has 1 saturated heterocycles. The van der Waals surface area contributed by atoms with Crippen LogP contribution in [0.2, 0.25) is 0 Å². The molecule has 0 bridgehead atoms. The van der Waals surface area contributed by atoms with Crippen LogP contribution in [0.1, 0.15) is 23.7 Å². The van der Waals surface area contributed by atoms with Crippen molar-refractivity contribution in [2.24, 2.45) is 0 Å². The highest BCUT2D eigenvalue weighted by molar-refractivity contribution is 5.41. The van der Waals surface area contributed by atoms with E-state index in [9.17, 15) is 5.11 Å². The molecule has 0 unspecified atom stereocenters. The van der Waals surface area contributed by atoms with Crippen molar-refractivity contribution in [3.63, 3.8) is 0 Å². The summed E-state index contributed by atoms with van der Waals surface area (Å²) in [6.45, 7) is 1.46. The van der Waals surface area contributed by atoms with Crippen molar-refractivity contribution in [1.82, 2.24) is 5.32 Å². The average Bonchev–Trinajstić information content (AvgIpc) is 3.02. The normalized spacial score (nSPS) is 21.0. The predicted molar refractivity (Wildman–Crippen MR) is 85.0 cm³/mol. The van der Waals surface area contributed by atoms with Gasteiger partial charge in [0.05, 0.1) is 13.2 Å². The van der Waals surface area contributed by atoms with Crippen LogP contribution < -0.4 is 10.1 Å². The van der Waals surface area contributed by atoms with E-state index in [1.807, 2.05) is 24.3 Å². The van der Waals surface area contributed by atoms with E-state index in [-0.39, 0.29) is 17.9 Å². The van der Waals surface area contributed by atoms with Crippen LogP contribution in [0, 0.1) is 0 Å². The zero-order valence-corrected chi connectivity index (χ0v) is 12.7. The minimum absolute atomic E-state index is 0.0908. The molecule has 0 aliphatic carbocycles. The first-order valence-corrected chi connectivity index (χ1v) is 7.54. The minimum atomic E-state index is 0.0908. The number of ether oxygens (including phenoxy) is 2. The molecule has 0 radical (unpaired) electrons. The molecule has 1 aliphatic rings. The zero-order chi connectivity index (χ0) is 15.4. The largest absolute Gasteiger partial charge is 0.504 e. The zero-order valence-electron chi connectivity index (χ0n) is 12.7. The number of phenolic OH excluding ortho intramolecular Hbond substituents is 1. The van der Waals surface area contributed by atoms with Crippen LogP contribution in [0.5, 0.6) is 11.5 Å². The number of phenols is 1. The summed E-state index contributed by atoms with van der Waals surface area (Å²) in [5.74, 6) is 0.666. The molecule has 2 aromatic carbocycles. The number of methoxy groups -OCH3 is 1. The van der Waals surface area contributed by atoms with Gasteiger partial charge in [0.1, 0.15) is 0 Å². The SMILES string of the molecule is COc1ccc(CN[C@@H]2CCO[C@@H]2c2ccccc2)cc1O. The maximum Gasteiger partial charge on any atom is 0.160 e. The molecule has 0 saturated carbocycles. The van der Waals surface area contributed by atoms with Gasteiger partial charge in [0.25, 0.3) is 0 Å². The summed E-state index contributed by atoms with van der Waals surface area (Å²) in [5.41, 5.74) is 2.23. The van der Waals surface area contributed by atoms with E-state index in [1.54, 1.807) is 19.2 Å². The third-order valence-corrected chi connectivity index (χ3v) is 4.03. The lowest BCUT2D eigenvalue weighted by Gasteiger charge is -2.20. The smallest absolute Gasteiger partial charge is 0.160 e. The molecule has 0 spiro atoms. The lowest BCUT2D eigenvalue weighted by molar-refractivity contribution is 0.0985. The summed E-state index contributed by atoms with van der Waals surface area (Å²) in [6, 6.07) is 16.1. The van der Waals surface area contributed by atoms with Crippen molar-refractivity contribution in [1.29, 1.82) is 0 Å². The molecule has 1 aliphatic heterocycles. The lowest BCUT2D eigenvalue weighted by Crippen LogP contribution is -2.31. The van der Waals surface area contributed by atoms with Gasteiger partial charge >= 0.3 is 0 Å². The van der Waals surface area contributed by atoms with E-state index in [1.165, 1.54) is 5.56 Å². The van der Waals surface area contributed by atoms with Gasteiger partial charge in [-0.15, -0.1) is 0 Å². The molecule has 3 rings (SSSR count). The van der Waals surface area contributed by atoms with Crippen LogP contribution in [0.25, 0.3) is 0 Å². The highest BCUT2D eigenvalue weighted by atomic mass is 16.5. The average molecular weight is 299 g/mol. The van der Waals surface area contributed by atoms with Crippen molar-refractivity contribution in [2.45, 2.75) is 25.1 Å². The second-order valence-electron chi connectivity index (χ2n) is 5.48. The van der Waals surface area contributed by atoms with Crippen LogP contribution in [0.4, 0.5) is 0 Å². The van der Waals surface area contributed by atoms with E-state index in [0.29, 0.717) is 12.3 Å². The minimum Gasteiger partial charge on any atom is -0.504 e. The topological polar surface area (TPSA) is 50.7 Å². The molecule has 116 valence electrons. The molecule has 4 nitrogen and oxygen atoms in total. The Morgan fingerprint density at radius 1 is 1.23 bits per heavy atom. The number of nitrogens with one attached hydrogen (secondary N) is 1. The van der Waals surface area contributed by atoms with E-state index < -0.39 is 0 Å². The van der Waals surface area contributed by atoms with Crippen LogP contribution in [0.3, 0.4) is 0 Å². The second-order valence-corrected chi connectivity index (χ2v) is 5.48. The van der Waals surface area contributed by atoms with Crippen LogP contribution >= 0.6 is 0 Å². The number of hydrogen-bond donors (Lipinski definition) is 2. The highest BCUT2D eigenvalue weighted by Crippen LogP contribution is 2.30. The number of hydrogen-bond acceptors (Lipinski definition) is 4. The van der Waals surface area contributed by atoms with Gasteiger partial charge in [-0.05, 0) is 29.7 Å². The number of aromatic hydroxyl groups is 1. The van der Waals surface area contributed by atoms with E-state index in [0.717, 1.165) is 18.6 Å². The fraction of sp³-hybridized carbons (Fsp3) is 0.333. The molecule has 2 aromatic rings. The summed E-state index contributed by atoms with van der Waals surface area (Å²) in [6.07, 6.45) is 1.08. The Balaban J connectivity index is 1.64. The Morgan fingerprint density at radius 2 is 2.05 bits per heavy atom. The van der Waals surface area contributed by atoms with Gasteiger partial charge in [0, 0.05) is 19.2 Å². The fourth-order valence-electron chi connectivity index (χ4n) is 2.86. The quantitative estimate of drug-likeness (QED) is 0.891.